The first-order valence-electron chi connectivity index (χ1n) is 7.92. The SMILES string of the molecule is Cc1cccc(CS(=O)(=O)NCCc2nnc(-c3ccccc3)o2)c1. The Labute approximate surface area is 147 Å². The summed E-state index contributed by atoms with van der Waals surface area (Å²) in [5, 5.41) is 7.94. The second kappa shape index (κ2) is 7.58. The molecule has 3 aromatic rings. The number of rotatable bonds is 7. The third-order valence-corrected chi connectivity index (χ3v) is 4.94. The first-order chi connectivity index (χ1) is 12.0. The molecule has 0 spiro atoms. The summed E-state index contributed by atoms with van der Waals surface area (Å²) in [5.74, 6) is 0.781. The smallest absolute Gasteiger partial charge is 0.247 e. The van der Waals surface area contributed by atoms with Gasteiger partial charge in [0, 0.05) is 18.5 Å². The number of aryl methyl sites for hydroxylation is 1. The molecule has 25 heavy (non-hydrogen) atoms. The van der Waals surface area contributed by atoms with Crippen molar-refractivity contribution >= 4 is 10.0 Å². The van der Waals surface area contributed by atoms with Gasteiger partial charge in [0.2, 0.25) is 21.8 Å². The Balaban J connectivity index is 1.55. The molecule has 130 valence electrons. The van der Waals surface area contributed by atoms with Crippen molar-refractivity contribution in [3.05, 3.63) is 71.6 Å². The maximum Gasteiger partial charge on any atom is 0.247 e. The fraction of sp³-hybridized carbons (Fsp3) is 0.222. The van der Waals surface area contributed by atoms with Gasteiger partial charge in [-0.15, -0.1) is 10.2 Å². The molecule has 0 aliphatic heterocycles. The van der Waals surface area contributed by atoms with Gasteiger partial charge in [0.1, 0.15) is 0 Å². The van der Waals surface area contributed by atoms with E-state index in [1.54, 1.807) is 6.07 Å². The van der Waals surface area contributed by atoms with Gasteiger partial charge in [0.25, 0.3) is 0 Å². The second-order valence-electron chi connectivity index (χ2n) is 5.76. The minimum absolute atomic E-state index is 0.0478. The van der Waals surface area contributed by atoms with E-state index in [2.05, 4.69) is 14.9 Å². The molecule has 0 aliphatic carbocycles. The van der Waals surface area contributed by atoms with Crippen molar-refractivity contribution in [1.82, 2.24) is 14.9 Å². The molecule has 0 amide bonds. The molecule has 0 fully saturated rings. The van der Waals surface area contributed by atoms with Crippen molar-refractivity contribution in [1.29, 1.82) is 0 Å². The lowest BCUT2D eigenvalue weighted by molar-refractivity contribution is 0.502. The van der Waals surface area contributed by atoms with Crippen molar-refractivity contribution in [2.24, 2.45) is 0 Å². The molecule has 3 rings (SSSR count). The third-order valence-electron chi connectivity index (χ3n) is 3.59. The monoisotopic (exact) mass is 357 g/mol. The third kappa shape index (κ3) is 4.98. The average molecular weight is 357 g/mol. The van der Waals surface area contributed by atoms with E-state index in [1.165, 1.54) is 0 Å². The van der Waals surface area contributed by atoms with Gasteiger partial charge in [-0.25, -0.2) is 13.1 Å². The Morgan fingerprint density at radius 3 is 2.60 bits per heavy atom. The van der Waals surface area contributed by atoms with Crippen LogP contribution in [-0.2, 0) is 22.2 Å². The van der Waals surface area contributed by atoms with E-state index in [0.717, 1.165) is 16.7 Å². The van der Waals surface area contributed by atoms with Crippen molar-refractivity contribution < 1.29 is 12.8 Å². The van der Waals surface area contributed by atoms with Crippen molar-refractivity contribution in [3.63, 3.8) is 0 Å². The Hall–Kier alpha value is -2.51. The van der Waals surface area contributed by atoms with Crippen LogP contribution in [-0.4, -0.2) is 25.2 Å². The Morgan fingerprint density at radius 2 is 1.84 bits per heavy atom. The van der Waals surface area contributed by atoms with Gasteiger partial charge in [0.15, 0.2) is 0 Å². The summed E-state index contributed by atoms with van der Waals surface area (Å²) < 4.78 is 32.4. The van der Waals surface area contributed by atoms with Crippen molar-refractivity contribution in [3.8, 4) is 11.5 Å². The van der Waals surface area contributed by atoms with Gasteiger partial charge in [-0.3, -0.25) is 0 Å². The predicted molar refractivity (Wildman–Crippen MR) is 95.2 cm³/mol. The van der Waals surface area contributed by atoms with Crippen LogP contribution in [0, 0.1) is 6.92 Å². The average Bonchev–Trinajstić information content (AvgIpc) is 3.04. The van der Waals surface area contributed by atoms with E-state index >= 15 is 0 Å². The van der Waals surface area contributed by atoms with E-state index in [0.29, 0.717) is 18.2 Å². The molecule has 0 radical (unpaired) electrons. The maximum absolute atomic E-state index is 12.2. The zero-order valence-electron chi connectivity index (χ0n) is 13.8. The fourth-order valence-electron chi connectivity index (χ4n) is 2.44. The zero-order chi connectivity index (χ0) is 17.7. The lowest BCUT2D eigenvalue weighted by Crippen LogP contribution is -2.27. The number of sulfonamides is 1. The molecule has 0 saturated carbocycles. The van der Waals surface area contributed by atoms with Gasteiger partial charge >= 0.3 is 0 Å². The van der Waals surface area contributed by atoms with Crippen molar-refractivity contribution in [2.45, 2.75) is 19.1 Å². The Morgan fingerprint density at radius 1 is 1.04 bits per heavy atom. The number of hydrogen-bond donors (Lipinski definition) is 1. The highest BCUT2D eigenvalue weighted by Crippen LogP contribution is 2.17. The van der Waals surface area contributed by atoms with E-state index in [4.69, 9.17) is 4.42 Å². The molecular formula is C18H19N3O3S. The summed E-state index contributed by atoms with van der Waals surface area (Å²) in [6.07, 6.45) is 0.340. The quantitative estimate of drug-likeness (QED) is 0.703. The summed E-state index contributed by atoms with van der Waals surface area (Å²) >= 11 is 0. The minimum Gasteiger partial charge on any atom is -0.421 e. The highest BCUT2D eigenvalue weighted by molar-refractivity contribution is 7.88. The number of nitrogens with zero attached hydrogens (tertiary/aromatic N) is 2. The van der Waals surface area contributed by atoms with Crippen LogP contribution in [0.15, 0.2) is 59.0 Å². The topological polar surface area (TPSA) is 85.1 Å². The van der Waals surface area contributed by atoms with Gasteiger partial charge in [-0.1, -0.05) is 48.0 Å². The predicted octanol–water partition coefficient (Wildman–Crippen LogP) is 2.71. The van der Waals surface area contributed by atoms with E-state index < -0.39 is 10.0 Å². The van der Waals surface area contributed by atoms with Crippen LogP contribution in [0.4, 0.5) is 0 Å². The maximum atomic E-state index is 12.2. The van der Waals surface area contributed by atoms with Crippen LogP contribution < -0.4 is 4.72 Å². The number of nitrogens with one attached hydrogen (secondary N) is 1. The summed E-state index contributed by atoms with van der Waals surface area (Å²) in [4.78, 5) is 0. The number of benzene rings is 2. The van der Waals surface area contributed by atoms with Crippen LogP contribution in [0.5, 0.6) is 0 Å². The lowest BCUT2D eigenvalue weighted by Gasteiger charge is -2.06. The molecule has 0 bridgehead atoms. The van der Waals surface area contributed by atoms with Crippen molar-refractivity contribution in [2.75, 3.05) is 6.54 Å². The second-order valence-corrected chi connectivity index (χ2v) is 7.57. The van der Waals surface area contributed by atoms with Gasteiger partial charge < -0.3 is 4.42 Å². The number of hydrogen-bond acceptors (Lipinski definition) is 5. The minimum atomic E-state index is -3.41. The standard InChI is InChI=1S/C18H19N3O3S/c1-14-6-5-7-15(12-14)13-25(22,23)19-11-10-17-20-21-18(24-17)16-8-3-2-4-9-16/h2-9,12,19H,10-11,13H2,1H3. The molecule has 0 aliphatic rings. The largest absolute Gasteiger partial charge is 0.421 e. The molecule has 0 atom stereocenters. The highest BCUT2D eigenvalue weighted by atomic mass is 32.2. The highest BCUT2D eigenvalue weighted by Gasteiger charge is 2.13. The Bertz CT molecular complexity index is 937. The van der Waals surface area contributed by atoms with E-state index in [1.807, 2.05) is 55.5 Å². The molecule has 0 saturated heterocycles. The van der Waals surface area contributed by atoms with Crippen LogP contribution in [0.2, 0.25) is 0 Å². The first-order valence-corrected chi connectivity index (χ1v) is 9.58. The normalized spacial score (nSPS) is 11.6. The number of aromatic nitrogens is 2. The van der Waals surface area contributed by atoms with E-state index in [9.17, 15) is 8.42 Å². The van der Waals surface area contributed by atoms with Gasteiger partial charge in [-0.2, -0.15) is 0 Å². The van der Waals surface area contributed by atoms with Crippen LogP contribution in [0.25, 0.3) is 11.5 Å². The summed E-state index contributed by atoms with van der Waals surface area (Å²) in [6, 6.07) is 16.9. The molecule has 1 heterocycles. The van der Waals surface area contributed by atoms with E-state index in [-0.39, 0.29) is 12.3 Å². The molecular weight excluding hydrogens is 338 g/mol. The first kappa shape index (κ1) is 17.3. The lowest BCUT2D eigenvalue weighted by atomic mass is 10.2. The fourth-order valence-corrected chi connectivity index (χ4v) is 3.57. The molecule has 6 nitrogen and oxygen atoms in total. The van der Waals surface area contributed by atoms with Gasteiger partial charge in [-0.05, 0) is 24.6 Å². The summed E-state index contributed by atoms with van der Waals surface area (Å²) in [5.41, 5.74) is 2.63. The summed E-state index contributed by atoms with van der Waals surface area (Å²) in [7, 11) is -3.41. The molecule has 7 heteroatoms. The molecule has 2 aromatic carbocycles. The zero-order valence-corrected chi connectivity index (χ0v) is 14.7. The van der Waals surface area contributed by atoms with Gasteiger partial charge in [0.05, 0.1) is 5.75 Å². The molecule has 1 N–H and O–H groups in total. The molecule has 0 unspecified atom stereocenters. The summed E-state index contributed by atoms with van der Waals surface area (Å²) in [6.45, 7) is 2.15. The van der Waals surface area contributed by atoms with Crippen LogP contribution >= 0.6 is 0 Å². The van der Waals surface area contributed by atoms with Crippen LogP contribution in [0.3, 0.4) is 0 Å². The van der Waals surface area contributed by atoms with Crippen LogP contribution in [0.1, 0.15) is 17.0 Å². The Kier molecular flexibility index (Phi) is 5.25. The molecule has 1 aromatic heterocycles.